The molecule has 0 spiro atoms. The third kappa shape index (κ3) is 60.3. The second kappa shape index (κ2) is 62.1. The molecule has 0 aromatic carbocycles. The molecule has 6 heteroatoms. The van der Waals surface area contributed by atoms with Gasteiger partial charge in [-0.15, -0.1) is 0 Å². The summed E-state index contributed by atoms with van der Waals surface area (Å²) in [5.74, 6) is -0.931. The number of ether oxygens (including phenoxy) is 3. The first kappa shape index (κ1) is 70.5. The van der Waals surface area contributed by atoms with Crippen LogP contribution >= 0.6 is 0 Å². The fraction of sp³-hybridized carbons (Fsp3) is 0.638. The highest BCUT2D eigenvalue weighted by Crippen LogP contribution is 2.15. The molecule has 6 nitrogen and oxygen atoms in total. The van der Waals surface area contributed by atoms with Crippen molar-refractivity contribution >= 4 is 17.9 Å². The molecule has 0 fully saturated rings. The molecule has 0 aliphatic heterocycles. The third-order valence-corrected chi connectivity index (χ3v) is 12.7. The van der Waals surface area contributed by atoms with E-state index < -0.39 is 6.10 Å². The monoisotopic (exact) mass is 1040 g/mol. The Morgan fingerprint density at radius 3 is 0.813 bits per heavy atom. The maximum atomic E-state index is 12.8. The number of hydrogen-bond acceptors (Lipinski definition) is 6. The Balaban J connectivity index is 4.03. The first-order valence-corrected chi connectivity index (χ1v) is 30.7. The van der Waals surface area contributed by atoms with Gasteiger partial charge in [0.2, 0.25) is 0 Å². The fourth-order valence-corrected chi connectivity index (χ4v) is 8.12. The fourth-order valence-electron chi connectivity index (χ4n) is 8.12. The summed E-state index contributed by atoms with van der Waals surface area (Å²) in [7, 11) is 0. The lowest BCUT2D eigenvalue weighted by Gasteiger charge is -2.18. The Kier molecular flexibility index (Phi) is 58.4. The molecular formula is C69H112O6. The lowest BCUT2D eigenvalue weighted by Crippen LogP contribution is -2.30. The van der Waals surface area contributed by atoms with Crippen molar-refractivity contribution in [3.63, 3.8) is 0 Å². The van der Waals surface area contributed by atoms with E-state index >= 15 is 0 Å². The van der Waals surface area contributed by atoms with E-state index in [1.807, 2.05) is 0 Å². The van der Waals surface area contributed by atoms with Crippen LogP contribution in [0.15, 0.2) is 134 Å². The van der Waals surface area contributed by atoms with Gasteiger partial charge in [0.1, 0.15) is 13.2 Å². The normalized spacial score (nSPS) is 13.1. The lowest BCUT2D eigenvalue weighted by atomic mass is 10.0. The third-order valence-electron chi connectivity index (χ3n) is 12.7. The molecule has 0 saturated carbocycles. The second-order valence-corrected chi connectivity index (χ2v) is 19.9. The number of esters is 3. The highest BCUT2D eigenvalue weighted by Gasteiger charge is 2.19. The lowest BCUT2D eigenvalue weighted by molar-refractivity contribution is -0.167. The first-order chi connectivity index (χ1) is 37.0. The highest BCUT2D eigenvalue weighted by molar-refractivity contribution is 5.71. The van der Waals surface area contributed by atoms with E-state index in [4.69, 9.17) is 14.2 Å². The van der Waals surface area contributed by atoms with Gasteiger partial charge in [-0.3, -0.25) is 14.4 Å². The minimum absolute atomic E-state index is 0.0904. The Morgan fingerprint density at radius 2 is 0.520 bits per heavy atom. The van der Waals surface area contributed by atoms with E-state index in [-0.39, 0.29) is 31.1 Å². The van der Waals surface area contributed by atoms with Crippen LogP contribution in [0.3, 0.4) is 0 Å². The molecule has 0 saturated heterocycles. The van der Waals surface area contributed by atoms with Crippen LogP contribution in [-0.2, 0) is 28.6 Å². The molecular weight excluding hydrogens is 925 g/mol. The molecule has 0 heterocycles. The van der Waals surface area contributed by atoms with Gasteiger partial charge in [0, 0.05) is 19.3 Å². The van der Waals surface area contributed by atoms with Gasteiger partial charge in [-0.1, -0.05) is 264 Å². The predicted molar refractivity (Wildman–Crippen MR) is 325 cm³/mol. The van der Waals surface area contributed by atoms with Crippen LogP contribution in [-0.4, -0.2) is 37.2 Å². The van der Waals surface area contributed by atoms with Crippen molar-refractivity contribution in [2.45, 2.75) is 271 Å². The smallest absolute Gasteiger partial charge is 0.306 e. The summed E-state index contributed by atoms with van der Waals surface area (Å²) in [5, 5.41) is 0. The standard InChI is InChI=1S/C69H112O6/c1-4-7-10-13-15-17-19-21-23-25-26-27-28-29-30-31-32-33-34-35-36-37-38-39-40-41-42-44-45-47-49-51-53-56-59-62-68(71)74-65-66(64-73-67(70)61-58-55-12-9-6-3)75-69(72)63-60-57-54-52-50-48-46-43-24-22-20-18-16-14-11-8-5-2/h7-8,10-11,15-18,21-24,26-27,29-30,32-33,35-36,46,48,66H,4-6,9,12-14,19-20,25,28,31,34,37-45,47,49-65H2,1-3H3/b10-7-,11-8-,17-15-,18-16-,23-21-,24-22-,27-26-,30-29-,33-32-,36-35-,48-46-. The molecule has 0 rings (SSSR count). The zero-order valence-corrected chi connectivity index (χ0v) is 48.5. The van der Waals surface area contributed by atoms with Crippen molar-refractivity contribution in [1.82, 2.24) is 0 Å². The van der Waals surface area contributed by atoms with E-state index in [1.54, 1.807) is 0 Å². The van der Waals surface area contributed by atoms with E-state index in [1.165, 1.54) is 70.6 Å². The number of carbonyl (C=O) groups is 3. The summed E-state index contributed by atoms with van der Waals surface area (Å²) in [5.41, 5.74) is 0. The molecule has 0 aliphatic rings. The van der Waals surface area contributed by atoms with Crippen LogP contribution in [0.2, 0.25) is 0 Å². The van der Waals surface area contributed by atoms with Crippen LogP contribution < -0.4 is 0 Å². The zero-order chi connectivity index (χ0) is 54.3. The predicted octanol–water partition coefficient (Wildman–Crippen LogP) is 21.0. The Morgan fingerprint density at radius 1 is 0.280 bits per heavy atom. The van der Waals surface area contributed by atoms with E-state index in [0.29, 0.717) is 19.3 Å². The summed E-state index contributed by atoms with van der Waals surface area (Å²) in [6.07, 6.45) is 87.9. The van der Waals surface area contributed by atoms with Gasteiger partial charge in [-0.25, -0.2) is 0 Å². The highest BCUT2D eigenvalue weighted by atomic mass is 16.6. The van der Waals surface area contributed by atoms with Crippen LogP contribution in [0.4, 0.5) is 0 Å². The molecule has 0 N–H and O–H groups in total. The van der Waals surface area contributed by atoms with Crippen LogP contribution in [0.5, 0.6) is 0 Å². The summed E-state index contributed by atoms with van der Waals surface area (Å²) < 4.78 is 16.7. The van der Waals surface area contributed by atoms with Crippen LogP contribution in [0.25, 0.3) is 0 Å². The molecule has 0 aliphatic carbocycles. The van der Waals surface area contributed by atoms with E-state index in [0.717, 1.165) is 154 Å². The van der Waals surface area contributed by atoms with Crippen molar-refractivity contribution in [2.75, 3.05) is 13.2 Å². The van der Waals surface area contributed by atoms with Gasteiger partial charge in [0.05, 0.1) is 0 Å². The maximum Gasteiger partial charge on any atom is 0.306 e. The quantitative estimate of drug-likeness (QED) is 0.0261. The zero-order valence-electron chi connectivity index (χ0n) is 48.5. The number of carbonyl (C=O) groups excluding carboxylic acids is 3. The van der Waals surface area contributed by atoms with Gasteiger partial charge in [0.15, 0.2) is 6.10 Å². The number of hydrogen-bond donors (Lipinski definition) is 0. The summed E-state index contributed by atoms with van der Waals surface area (Å²) in [6.45, 7) is 6.30. The second-order valence-electron chi connectivity index (χ2n) is 19.9. The van der Waals surface area contributed by atoms with Crippen molar-refractivity contribution in [1.29, 1.82) is 0 Å². The largest absolute Gasteiger partial charge is 0.462 e. The number of allylic oxidation sites excluding steroid dienone is 22. The van der Waals surface area contributed by atoms with Crippen molar-refractivity contribution in [3.05, 3.63) is 134 Å². The number of unbranched alkanes of at least 4 members (excludes halogenated alkanes) is 21. The molecule has 75 heavy (non-hydrogen) atoms. The van der Waals surface area contributed by atoms with Gasteiger partial charge >= 0.3 is 17.9 Å². The molecule has 1 atom stereocenters. The molecule has 0 amide bonds. The van der Waals surface area contributed by atoms with Crippen molar-refractivity contribution < 1.29 is 28.6 Å². The summed E-state index contributed by atoms with van der Waals surface area (Å²) >= 11 is 0. The minimum atomic E-state index is -0.790. The van der Waals surface area contributed by atoms with Gasteiger partial charge in [0.25, 0.3) is 0 Å². The van der Waals surface area contributed by atoms with Crippen molar-refractivity contribution in [3.8, 4) is 0 Å². The molecule has 0 bridgehead atoms. The Labute approximate surface area is 462 Å². The van der Waals surface area contributed by atoms with Gasteiger partial charge in [-0.05, 0) is 116 Å². The van der Waals surface area contributed by atoms with Crippen molar-refractivity contribution in [2.24, 2.45) is 0 Å². The van der Waals surface area contributed by atoms with Gasteiger partial charge in [-0.2, -0.15) is 0 Å². The van der Waals surface area contributed by atoms with E-state index in [9.17, 15) is 14.4 Å². The molecule has 0 aromatic heterocycles. The molecule has 424 valence electrons. The first-order valence-electron chi connectivity index (χ1n) is 30.7. The van der Waals surface area contributed by atoms with Gasteiger partial charge < -0.3 is 14.2 Å². The summed E-state index contributed by atoms with van der Waals surface area (Å²) in [4.78, 5) is 37.8. The van der Waals surface area contributed by atoms with E-state index in [2.05, 4.69) is 154 Å². The Hall–Kier alpha value is -4.45. The summed E-state index contributed by atoms with van der Waals surface area (Å²) in [6, 6.07) is 0. The average molecular weight is 1040 g/mol. The maximum absolute atomic E-state index is 12.8. The SMILES string of the molecule is CC/C=C\C/C=C\C/C=C\C/C=C\C/C=C\C/C=C\C/C=C\CCCCCCCCCCCCCCCC(=O)OCC(COC(=O)CCCCCCC)OC(=O)CCCCCC/C=C\C/C=C\C/C=C\C/C=C\CC. The number of rotatable bonds is 54. The molecule has 0 aromatic rings. The molecule has 0 radical (unpaired) electrons. The minimum Gasteiger partial charge on any atom is -0.462 e. The molecule has 1 unspecified atom stereocenters. The van der Waals surface area contributed by atoms with Crippen LogP contribution in [0.1, 0.15) is 265 Å². The average Bonchev–Trinajstić information content (AvgIpc) is 3.41. The topological polar surface area (TPSA) is 78.9 Å². The Bertz CT molecular complexity index is 1620. The van der Waals surface area contributed by atoms with Crippen LogP contribution in [0, 0.1) is 0 Å².